The van der Waals surface area contributed by atoms with Crippen LogP contribution in [0.25, 0.3) is 0 Å². The molecule has 4 nitrogen and oxygen atoms in total. The van der Waals surface area contributed by atoms with E-state index >= 15 is 0 Å². The molecule has 1 rings (SSSR count). The summed E-state index contributed by atoms with van der Waals surface area (Å²) in [5, 5.41) is 0. The molecular formula is C10H18NO3+. The Balaban J connectivity index is 0.000000249. The number of hydroxylamine groups is 3. The smallest absolute Gasteiger partial charge is 0.135 e. The third-order valence-electron chi connectivity index (χ3n) is 1.66. The zero-order valence-corrected chi connectivity index (χ0v) is 9.14. The zero-order valence-electron chi connectivity index (χ0n) is 9.14. The molecule has 0 aliphatic heterocycles. The monoisotopic (exact) mass is 200 g/mol. The first-order valence-corrected chi connectivity index (χ1v) is 4.22. The molecule has 0 bridgehead atoms. The average molecular weight is 200 g/mol. The fourth-order valence-electron chi connectivity index (χ4n) is 0.609. The summed E-state index contributed by atoms with van der Waals surface area (Å²) in [7, 11) is 6.10. The van der Waals surface area contributed by atoms with Gasteiger partial charge >= 0.3 is 0 Å². The van der Waals surface area contributed by atoms with Crippen LogP contribution in [0, 0.1) is 0 Å². The van der Waals surface area contributed by atoms with Gasteiger partial charge in [-0.2, -0.15) is 0 Å². The molecule has 0 N–H and O–H groups in total. The molecule has 0 fully saturated rings. The Morgan fingerprint density at radius 2 is 0.857 bits per heavy atom. The van der Waals surface area contributed by atoms with Gasteiger partial charge in [-0.15, -0.1) is 14.5 Å². The summed E-state index contributed by atoms with van der Waals surface area (Å²) in [6.45, 7) is 0. The van der Waals surface area contributed by atoms with E-state index in [4.69, 9.17) is 14.5 Å². The van der Waals surface area contributed by atoms with Crippen LogP contribution in [-0.2, 0) is 14.5 Å². The van der Waals surface area contributed by atoms with E-state index in [2.05, 4.69) is 0 Å². The zero-order chi connectivity index (χ0) is 10.9. The highest BCUT2D eigenvalue weighted by molar-refractivity contribution is 4.99. The van der Waals surface area contributed by atoms with Crippen molar-refractivity contribution in [3.63, 3.8) is 0 Å². The molecule has 0 saturated carbocycles. The van der Waals surface area contributed by atoms with Crippen molar-refractivity contribution in [1.29, 1.82) is 0 Å². The van der Waals surface area contributed by atoms with Crippen LogP contribution >= 0.6 is 0 Å². The molecule has 0 aromatic heterocycles. The molecule has 0 aliphatic carbocycles. The first-order valence-electron chi connectivity index (χ1n) is 4.22. The molecule has 0 saturated heterocycles. The Kier molecular flexibility index (Phi) is 6.96. The lowest BCUT2D eigenvalue weighted by Gasteiger charge is -2.19. The summed E-state index contributed by atoms with van der Waals surface area (Å²) in [4.78, 5) is 13.9. The van der Waals surface area contributed by atoms with Gasteiger partial charge in [-0.25, -0.2) is 0 Å². The minimum atomic E-state index is -0.292. The molecule has 0 spiro atoms. The Bertz CT molecular complexity index is 177. The molecule has 4 heteroatoms. The number of hydrogen-bond acceptors (Lipinski definition) is 3. The van der Waals surface area contributed by atoms with Crippen molar-refractivity contribution in [2.75, 3.05) is 28.4 Å². The van der Waals surface area contributed by atoms with Crippen LogP contribution in [0.1, 0.15) is 0 Å². The molecule has 0 aliphatic rings. The molecule has 80 valence electrons. The maximum Gasteiger partial charge on any atom is 0.168 e. The van der Waals surface area contributed by atoms with Crippen molar-refractivity contribution in [1.82, 2.24) is 0 Å². The number of nitrogens with zero attached hydrogens (tertiary/aromatic N) is 1. The fraction of sp³-hybridized carbons (Fsp3) is 0.400. The van der Waals surface area contributed by atoms with E-state index in [9.17, 15) is 0 Å². The average Bonchev–Trinajstić information content (AvgIpc) is 2.31. The van der Waals surface area contributed by atoms with Gasteiger partial charge in [0, 0.05) is 0 Å². The summed E-state index contributed by atoms with van der Waals surface area (Å²) in [6, 6.07) is 12.0. The summed E-state index contributed by atoms with van der Waals surface area (Å²) < 4.78 is 0. The van der Waals surface area contributed by atoms with E-state index < -0.39 is 0 Å². The van der Waals surface area contributed by atoms with E-state index in [-0.39, 0.29) is 4.97 Å². The molecule has 1 aromatic rings. The number of benzene rings is 1. The minimum Gasteiger partial charge on any atom is -0.135 e. The molecule has 1 aromatic carbocycles. The van der Waals surface area contributed by atoms with E-state index in [1.54, 1.807) is 7.05 Å². The van der Waals surface area contributed by atoms with Crippen LogP contribution in [-0.4, -0.2) is 33.4 Å². The largest absolute Gasteiger partial charge is 0.168 e. The van der Waals surface area contributed by atoms with E-state index in [0.717, 1.165) is 0 Å². The van der Waals surface area contributed by atoms with Crippen molar-refractivity contribution in [2.24, 2.45) is 0 Å². The molecule has 0 radical (unpaired) electrons. The van der Waals surface area contributed by atoms with Crippen molar-refractivity contribution in [3.05, 3.63) is 36.4 Å². The second-order valence-electron chi connectivity index (χ2n) is 2.47. The van der Waals surface area contributed by atoms with Crippen LogP contribution in [0.2, 0.25) is 0 Å². The lowest BCUT2D eigenvalue weighted by atomic mass is 10.4. The first-order chi connectivity index (χ1) is 6.68. The predicted molar refractivity (Wildman–Crippen MR) is 53.7 cm³/mol. The number of rotatable bonds is 3. The normalized spacial score (nSPS) is 10.3. The van der Waals surface area contributed by atoms with Crippen molar-refractivity contribution >= 4 is 0 Å². The maximum absolute atomic E-state index is 4.73. The van der Waals surface area contributed by atoms with Crippen molar-refractivity contribution in [3.8, 4) is 0 Å². The van der Waals surface area contributed by atoms with Crippen molar-refractivity contribution < 1.29 is 19.5 Å². The van der Waals surface area contributed by atoms with Crippen molar-refractivity contribution in [2.45, 2.75) is 0 Å². The van der Waals surface area contributed by atoms with Gasteiger partial charge in [0.05, 0.1) is 4.97 Å². The third kappa shape index (κ3) is 5.66. The Morgan fingerprint density at radius 1 is 0.643 bits per heavy atom. The summed E-state index contributed by atoms with van der Waals surface area (Å²) >= 11 is 0. The molecule has 0 heterocycles. The number of hydrogen-bond donors (Lipinski definition) is 0. The highest BCUT2D eigenvalue weighted by Gasteiger charge is 2.20. The van der Waals surface area contributed by atoms with Gasteiger partial charge in [0.25, 0.3) is 0 Å². The second kappa shape index (κ2) is 7.46. The van der Waals surface area contributed by atoms with E-state index in [1.165, 1.54) is 21.3 Å². The Labute approximate surface area is 85.1 Å². The molecule has 0 unspecified atom stereocenters. The van der Waals surface area contributed by atoms with E-state index in [1.807, 2.05) is 36.4 Å². The van der Waals surface area contributed by atoms with Crippen LogP contribution in [0.3, 0.4) is 0 Å². The lowest BCUT2D eigenvalue weighted by Crippen LogP contribution is -2.40. The Hall–Kier alpha value is -0.940. The van der Waals surface area contributed by atoms with Crippen LogP contribution in [0.4, 0.5) is 0 Å². The summed E-state index contributed by atoms with van der Waals surface area (Å²) in [6.07, 6.45) is 0. The Morgan fingerprint density at radius 3 is 0.929 bits per heavy atom. The SMILES string of the molecule is CO[N+](C)(OC)OC.c1ccccc1. The molecule has 14 heavy (non-hydrogen) atoms. The van der Waals surface area contributed by atoms with Gasteiger partial charge in [0.1, 0.15) is 21.3 Å². The second-order valence-corrected chi connectivity index (χ2v) is 2.47. The molecule has 0 amide bonds. The molecular weight excluding hydrogens is 182 g/mol. The third-order valence-corrected chi connectivity index (χ3v) is 1.66. The quantitative estimate of drug-likeness (QED) is 0.550. The summed E-state index contributed by atoms with van der Waals surface area (Å²) in [5.74, 6) is 0. The highest BCUT2D eigenvalue weighted by Crippen LogP contribution is 1.99. The van der Waals surface area contributed by atoms with E-state index in [0.29, 0.717) is 0 Å². The first kappa shape index (κ1) is 13.1. The minimum absolute atomic E-state index is 0.292. The van der Waals surface area contributed by atoms with Gasteiger partial charge in [-0.1, -0.05) is 36.4 Å². The standard InChI is InChI=1S/C6H6.C4H12NO3/c1-2-4-6-5-3-1;1-5(6-2,7-3)8-4/h1-6H;1-4H3/q;+1. The predicted octanol–water partition coefficient (Wildman–Crippen LogP) is 1.80. The van der Waals surface area contributed by atoms with Gasteiger partial charge in [-0.3, -0.25) is 0 Å². The fourth-order valence-corrected chi connectivity index (χ4v) is 0.609. The van der Waals surface area contributed by atoms with Gasteiger partial charge in [0.15, 0.2) is 7.05 Å². The van der Waals surface area contributed by atoms with Crippen LogP contribution < -0.4 is 0 Å². The van der Waals surface area contributed by atoms with Gasteiger partial charge < -0.3 is 0 Å². The number of quaternary nitrogens is 1. The van der Waals surface area contributed by atoms with Crippen LogP contribution in [0.5, 0.6) is 0 Å². The molecule has 0 atom stereocenters. The summed E-state index contributed by atoms with van der Waals surface area (Å²) in [5.41, 5.74) is 0. The topological polar surface area (TPSA) is 27.7 Å². The van der Waals surface area contributed by atoms with Gasteiger partial charge in [0.2, 0.25) is 0 Å². The maximum atomic E-state index is 4.73. The lowest BCUT2D eigenvalue weighted by molar-refractivity contribution is -1.35. The van der Waals surface area contributed by atoms with Crippen LogP contribution in [0.15, 0.2) is 36.4 Å². The highest BCUT2D eigenvalue weighted by atomic mass is 17.2. The van der Waals surface area contributed by atoms with Gasteiger partial charge in [-0.05, 0) is 0 Å².